The lowest BCUT2D eigenvalue weighted by atomic mass is 10.00. The zero-order chi connectivity index (χ0) is 30.4. The van der Waals surface area contributed by atoms with Crippen molar-refractivity contribution in [2.45, 2.75) is 44.8 Å². The number of likely N-dealkylation sites (N-methyl/N-ethyl adjacent to an activating group) is 1. The topological polar surface area (TPSA) is 154 Å². The number of ether oxygens (including phenoxy) is 1. The Kier molecular flexibility index (Phi) is 11.5. The van der Waals surface area contributed by atoms with E-state index in [-0.39, 0.29) is 49.3 Å². The van der Waals surface area contributed by atoms with E-state index in [1.54, 1.807) is 72.3 Å². The number of aromatic carboxylic acids is 1. The van der Waals surface area contributed by atoms with Gasteiger partial charge in [-0.2, -0.15) is 0 Å². The molecule has 0 radical (unpaired) electrons. The summed E-state index contributed by atoms with van der Waals surface area (Å²) in [5.74, 6) is -1.47. The molecule has 43 heavy (non-hydrogen) atoms. The van der Waals surface area contributed by atoms with Crippen LogP contribution in [-0.4, -0.2) is 68.1 Å². The molecule has 0 unspecified atom stereocenters. The molecule has 1 heterocycles. The molecule has 5 N–H and O–H groups in total. The Morgan fingerprint density at radius 1 is 1.09 bits per heavy atom. The molecule has 3 amide bonds. The molecular formula is C31H38ClN5O6. The van der Waals surface area contributed by atoms with Crippen molar-refractivity contribution < 1.29 is 29.0 Å². The predicted octanol–water partition coefficient (Wildman–Crippen LogP) is 3.07. The lowest BCUT2D eigenvalue weighted by Crippen LogP contribution is -2.55. The van der Waals surface area contributed by atoms with E-state index in [1.807, 2.05) is 0 Å². The number of anilines is 2. The lowest BCUT2D eigenvalue weighted by molar-refractivity contribution is -0.128. The number of nitrogens with zero attached hydrogens (tertiary/aromatic N) is 2. The van der Waals surface area contributed by atoms with Crippen molar-refractivity contribution in [3.05, 3.63) is 65.7 Å². The van der Waals surface area contributed by atoms with Crippen LogP contribution in [-0.2, 0) is 20.9 Å². The molecule has 2 atom stereocenters. The number of carboxylic acid groups (broad SMARTS) is 1. The predicted molar refractivity (Wildman–Crippen MR) is 168 cm³/mol. The number of benzene rings is 3. The first kappa shape index (κ1) is 33.3. The molecule has 1 aliphatic rings. The van der Waals surface area contributed by atoms with Crippen LogP contribution in [0.15, 0.2) is 54.6 Å². The van der Waals surface area contributed by atoms with Gasteiger partial charge in [-0.15, -0.1) is 12.4 Å². The molecule has 0 aliphatic carbocycles. The molecular weight excluding hydrogens is 574 g/mol. The number of para-hydroxylation sites is 2. The van der Waals surface area contributed by atoms with Crippen molar-refractivity contribution in [1.82, 2.24) is 10.6 Å². The summed E-state index contributed by atoms with van der Waals surface area (Å²) in [6.07, 6.45) is 1.54. The summed E-state index contributed by atoms with van der Waals surface area (Å²) in [6.45, 7) is 2.17. The second-order valence-electron chi connectivity index (χ2n) is 10.2. The highest BCUT2D eigenvalue weighted by Gasteiger charge is 2.37. The highest BCUT2D eigenvalue weighted by atomic mass is 35.5. The van der Waals surface area contributed by atoms with Crippen LogP contribution in [0.25, 0.3) is 10.8 Å². The number of fused-ring (bicyclic) bond motifs is 2. The van der Waals surface area contributed by atoms with Gasteiger partial charge in [0.25, 0.3) is 5.91 Å². The van der Waals surface area contributed by atoms with Crippen molar-refractivity contribution in [2.75, 3.05) is 37.0 Å². The average molecular weight is 612 g/mol. The van der Waals surface area contributed by atoms with E-state index in [0.717, 1.165) is 0 Å². The van der Waals surface area contributed by atoms with Crippen LogP contribution in [0, 0.1) is 0 Å². The van der Waals surface area contributed by atoms with Crippen molar-refractivity contribution in [2.24, 2.45) is 5.73 Å². The van der Waals surface area contributed by atoms with E-state index in [4.69, 9.17) is 10.5 Å². The molecule has 0 spiro atoms. The fraction of sp³-hybridized carbons (Fsp3) is 0.355. The first-order chi connectivity index (χ1) is 20.2. The van der Waals surface area contributed by atoms with Gasteiger partial charge < -0.3 is 36.0 Å². The van der Waals surface area contributed by atoms with E-state index >= 15 is 0 Å². The van der Waals surface area contributed by atoms with E-state index in [2.05, 4.69) is 10.6 Å². The normalized spacial score (nSPS) is 15.3. The highest BCUT2D eigenvalue weighted by molar-refractivity contribution is 6.08. The van der Waals surface area contributed by atoms with Crippen molar-refractivity contribution >= 4 is 58.2 Å². The molecule has 12 heteroatoms. The van der Waals surface area contributed by atoms with E-state index in [9.17, 15) is 24.3 Å². The van der Waals surface area contributed by atoms with Gasteiger partial charge in [0, 0.05) is 12.0 Å². The van der Waals surface area contributed by atoms with E-state index in [1.165, 1.54) is 13.2 Å². The van der Waals surface area contributed by atoms with Gasteiger partial charge in [-0.25, -0.2) is 4.79 Å². The summed E-state index contributed by atoms with van der Waals surface area (Å²) in [7, 11) is 3.18. The Balaban J connectivity index is 0.00000506. The van der Waals surface area contributed by atoms with Gasteiger partial charge >= 0.3 is 5.97 Å². The zero-order valence-electron chi connectivity index (χ0n) is 24.5. The monoisotopic (exact) mass is 611 g/mol. The number of methoxy groups -OCH3 is 1. The van der Waals surface area contributed by atoms with E-state index < -0.39 is 24.0 Å². The third-order valence-electron chi connectivity index (χ3n) is 7.55. The van der Waals surface area contributed by atoms with Gasteiger partial charge in [0.15, 0.2) is 0 Å². The molecule has 0 aromatic heterocycles. The zero-order valence-corrected chi connectivity index (χ0v) is 25.3. The van der Waals surface area contributed by atoms with Gasteiger partial charge in [0.05, 0.1) is 43.2 Å². The standard InChI is InChI=1S/C31H37N5O6.ClH/c1-19(33-2)29(38)34-24-18-35(28(37)10-6-7-15-32)25-8-4-5-9-26(25)36(30(24)39)17-23-22-13-11-21(31(40)41)16-20(22)12-14-27(23)42-3;/h4-5,8-9,11-14,16,19,24,33H,6-7,10,15,17-18,32H2,1-3H3,(H,34,38)(H,40,41);1H/t19-,24-;/m0./s1. The van der Waals surface area contributed by atoms with Crippen LogP contribution < -0.4 is 30.9 Å². The van der Waals surface area contributed by atoms with Crippen LogP contribution in [0.1, 0.15) is 42.1 Å². The first-order valence-corrected chi connectivity index (χ1v) is 13.9. The minimum atomic E-state index is -1.04. The molecule has 0 saturated heterocycles. The number of hydrogen-bond donors (Lipinski definition) is 4. The molecule has 230 valence electrons. The van der Waals surface area contributed by atoms with Gasteiger partial charge in [0.1, 0.15) is 11.8 Å². The van der Waals surface area contributed by atoms with Gasteiger partial charge in [-0.3, -0.25) is 14.4 Å². The number of carbonyl (C=O) groups excluding carboxylic acids is 3. The third kappa shape index (κ3) is 7.24. The van der Waals surface area contributed by atoms with Gasteiger partial charge in [0.2, 0.25) is 11.8 Å². The van der Waals surface area contributed by atoms with Crippen LogP contribution >= 0.6 is 12.4 Å². The molecule has 4 rings (SSSR count). The number of halogens is 1. The molecule has 3 aromatic carbocycles. The summed E-state index contributed by atoms with van der Waals surface area (Å²) in [5, 5.41) is 16.6. The fourth-order valence-corrected chi connectivity index (χ4v) is 5.10. The van der Waals surface area contributed by atoms with Crippen LogP contribution in [0.3, 0.4) is 0 Å². The second kappa shape index (κ2) is 14.8. The Morgan fingerprint density at radius 2 is 1.81 bits per heavy atom. The Bertz CT molecular complexity index is 1500. The van der Waals surface area contributed by atoms with Crippen LogP contribution in [0.4, 0.5) is 11.4 Å². The minimum absolute atomic E-state index is 0. The highest BCUT2D eigenvalue weighted by Crippen LogP contribution is 2.37. The fourth-order valence-electron chi connectivity index (χ4n) is 5.10. The van der Waals surface area contributed by atoms with Crippen LogP contribution in [0.5, 0.6) is 5.75 Å². The molecule has 3 aromatic rings. The number of hydrogen-bond acceptors (Lipinski definition) is 7. The number of nitrogens with one attached hydrogen (secondary N) is 2. The first-order valence-electron chi connectivity index (χ1n) is 13.9. The van der Waals surface area contributed by atoms with Crippen molar-refractivity contribution in [3.8, 4) is 5.75 Å². The third-order valence-corrected chi connectivity index (χ3v) is 7.55. The van der Waals surface area contributed by atoms with Crippen molar-refractivity contribution in [3.63, 3.8) is 0 Å². The Labute approximate surface area is 256 Å². The summed E-state index contributed by atoms with van der Waals surface area (Å²) in [4.78, 5) is 55.5. The average Bonchev–Trinajstić information content (AvgIpc) is 3.11. The van der Waals surface area contributed by atoms with Gasteiger partial charge in [-0.1, -0.05) is 24.3 Å². The maximum absolute atomic E-state index is 14.3. The summed E-state index contributed by atoms with van der Waals surface area (Å²) < 4.78 is 5.67. The summed E-state index contributed by atoms with van der Waals surface area (Å²) in [5.41, 5.74) is 7.50. The number of rotatable bonds is 11. The molecule has 1 aliphatic heterocycles. The van der Waals surface area contributed by atoms with Gasteiger partial charge in [-0.05, 0) is 74.5 Å². The smallest absolute Gasteiger partial charge is 0.335 e. The largest absolute Gasteiger partial charge is 0.496 e. The number of amides is 3. The number of carboxylic acids is 1. The minimum Gasteiger partial charge on any atom is -0.496 e. The molecule has 0 fully saturated rings. The van der Waals surface area contributed by atoms with Crippen molar-refractivity contribution in [1.29, 1.82) is 0 Å². The molecule has 0 bridgehead atoms. The summed E-state index contributed by atoms with van der Waals surface area (Å²) in [6, 6.07) is 13.8. The maximum Gasteiger partial charge on any atom is 0.335 e. The quantitative estimate of drug-likeness (QED) is 0.241. The van der Waals surface area contributed by atoms with E-state index in [0.29, 0.717) is 52.8 Å². The number of nitrogens with two attached hydrogens (primary N) is 1. The lowest BCUT2D eigenvalue weighted by Gasteiger charge is -2.27. The SMILES string of the molecule is CN[C@@H](C)C(=O)N[C@H]1CN(C(=O)CCCCN)c2ccccc2N(Cc2c(OC)ccc3cc(C(=O)O)ccc23)C1=O.Cl. The van der Waals surface area contributed by atoms with Crippen LogP contribution in [0.2, 0.25) is 0 Å². The number of carbonyl (C=O) groups is 4. The molecule has 0 saturated carbocycles. The molecule has 11 nitrogen and oxygen atoms in total. The maximum atomic E-state index is 14.3. The Hall–Kier alpha value is -4.19. The second-order valence-corrected chi connectivity index (χ2v) is 10.2. The Morgan fingerprint density at radius 3 is 2.47 bits per heavy atom. The number of unbranched alkanes of at least 4 members (excludes halogenated alkanes) is 1. The summed E-state index contributed by atoms with van der Waals surface area (Å²) >= 11 is 0.